The number of benzene rings is 1. The summed E-state index contributed by atoms with van der Waals surface area (Å²) in [6, 6.07) is 6.87. The van der Waals surface area contributed by atoms with Gasteiger partial charge in [0.25, 0.3) is 5.91 Å². The van der Waals surface area contributed by atoms with Gasteiger partial charge in [-0.2, -0.15) is 18.3 Å². The molecule has 9 heteroatoms. The van der Waals surface area contributed by atoms with Gasteiger partial charge in [0.2, 0.25) is 0 Å². The van der Waals surface area contributed by atoms with E-state index in [1.165, 1.54) is 29.5 Å². The fraction of sp³-hybridized carbons (Fsp3) is 0.300. The number of carbonyl (C=O) groups excluding carboxylic acids is 1. The number of hydrogen-bond donors (Lipinski definition) is 2. The summed E-state index contributed by atoms with van der Waals surface area (Å²) in [6.07, 6.45) is -1.05. The van der Waals surface area contributed by atoms with Crippen LogP contribution in [0.5, 0.6) is 0 Å². The van der Waals surface area contributed by atoms with Gasteiger partial charge >= 0.3 is 6.18 Å². The number of rotatable bonds is 3. The maximum absolute atomic E-state index is 13.3. The Balaban J connectivity index is 1.49. The van der Waals surface area contributed by atoms with Crippen LogP contribution in [0.25, 0.3) is 10.4 Å². The molecule has 1 amide bonds. The summed E-state index contributed by atoms with van der Waals surface area (Å²) in [7, 11) is 0. The molecule has 2 N–H and O–H groups in total. The van der Waals surface area contributed by atoms with Crippen LogP contribution in [0.1, 0.15) is 34.3 Å². The van der Waals surface area contributed by atoms with Gasteiger partial charge in [0.1, 0.15) is 0 Å². The number of nitrogens with one attached hydrogen (secondary N) is 1. The van der Waals surface area contributed by atoms with Crippen LogP contribution >= 0.6 is 11.3 Å². The lowest BCUT2D eigenvalue weighted by molar-refractivity contribution is -0.141. The van der Waals surface area contributed by atoms with E-state index in [0.717, 1.165) is 16.5 Å². The number of hydrogen-bond acceptors (Lipinski definition) is 4. The van der Waals surface area contributed by atoms with Gasteiger partial charge < -0.3 is 10.0 Å². The van der Waals surface area contributed by atoms with Crippen molar-refractivity contribution in [2.75, 3.05) is 13.1 Å². The number of nitrogens with zero attached hydrogens (tertiary/aromatic N) is 2. The summed E-state index contributed by atoms with van der Waals surface area (Å²) in [5.41, 5.74) is -1.17. The third-order valence-electron chi connectivity index (χ3n) is 5.24. The lowest BCUT2D eigenvalue weighted by Gasteiger charge is -2.39. The number of aliphatic hydroxyl groups is 1. The van der Waals surface area contributed by atoms with Gasteiger partial charge in [0.15, 0.2) is 0 Å². The average molecular weight is 421 g/mol. The van der Waals surface area contributed by atoms with Crippen LogP contribution in [0.3, 0.4) is 0 Å². The second-order valence-electron chi connectivity index (χ2n) is 7.05. The van der Waals surface area contributed by atoms with Gasteiger partial charge in [-0.3, -0.25) is 9.89 Å². The second-order valence-corrected chi connectivity index (χ2v) is 7.96. The van der Waals surface area contributed by atoms with E-state index in [2.05, 4.69) is 10.2 Å². The van der Waals surface area contributed by atoms with E-state index >= 15 is 0 Å². The van der Waals surface area contributed by atoms with E-state index in [0.29, 0.717) is 5.56 Å². The number of thiophene rings is 1. The minimum Gasteiger partial charge on any atom is -0.385 e. The Bertz CT molecular complexity index is 1010. The van der Waals surface area contributed by atoms with E-state index < -0.39 is 17.3 Å². The van der Waals surface area contributed by atoms with Gasteiger partial charge in [-0.05, 0) is 30.5 Å². The monoisotopic (exact) mass is 421 g/mol. The molecule has 1 aliphatic heterocycles. The van der Waals surface area contributed by atoms with Crippen LogP contribution in [0.4, 0.5) is 13.2 Å². The SMILES string of the molecule is O=C(c1csc(-c2cn[nH]c2)c1)N1CCC(O)(c2ccccc2C(F)(F)F)CC1. The van der Waals surface area contributed by atoms with Crippen molar-refractivity contribution in [1.82, 2.24) is 15.1 Å². The van der Waals surface area contributed by atoms with Gasteiger partial charge in [0, 0.05) is 35.1 Å². The smallest absolute Gasteiger partial charge is 0.385 e. The van der Waals surface area contributed by atoms with Crippen molar-refractivity contribution >= 4 is 17.2 Å². The van der Waals surface area contributed by atoms with Crippen molar-refractivity contribution in [2.24, 2.45) is 0 Å². The maximum Gasteiger partial charge on any atom is 0.416 e. The minimum absolute atomic E-state index is 0.0462. The molecule has 5 nitrogen and oxygen atoms in total. The quantitative estimate of drug-likeness (QED) is 0.663. The zero-order valence-corrected chi connectivity index (χ0v) is 16.1. The molecule has 3 heterocycles. The third-order valence-corrected chi connectivity index (χ3v) is 6.22. The highest BCUT2D eigenvalue weighted by Gasteiger charge is 2.42. The number of aromatic nitrogens is 2. The van der Waals surface area contributed by atoms with Gasteiger partial charge in [-0.25, -0.2) is 0 Å². The Hall–Kier alpha value is -2.65. The molecule has 4 rings (SSSR count). The standard InChI is InChI=1S/C20H18F3N3O2S/c21-20(22,23)16-4-2-1-3-15(16)19(28)5-7-26(8-6-19)18(27)13-9-17(29-12-13)14-10-24-25-11-14/h1-4,9-12,28H,5-8H2,(H,24,25). The normalized spacial score (nSPS) is 16.8. The lowest BCUT2D eigenvalue weighted by Crippen LogP contribution is -2.45. The van der Waals surface area contributed by atoms with Crippen LogP contribution in [-0.2, 0) is 11.8 Å². The molecule has 0 spiro atoms. The summed E-state index contributed by atoms with van der Waals surface area (Å²) >= 11 is 1.42. The predicted molar refractivity (Wildman–Crippen MR) is 102 cm³/mol. The largest absolute Gasteiger partial charge is 0.416 e. The highest BCUT2D eigenvalue weighted by molar-refractivity contribution is 7.13. The molecule has 0 atom stereocenters. The van der Waals surface area contributed by atoms with Crippen molar-refractivity contribution < 1.29 is 23.1 Å². The predicted octanol–water partition coefficient (Wildman–Crippen LogP) is 4.28. The number of H-pyrrole nitrogens is 1. The summed E-state index contributed by atoms with van der Waals surface area (Å²) < 4.78 is 40.0. The molecule has 0 bridgehead atoms. The molecule has 0 aliphatic carbocycles. The van der Waals surface area contributed by atoms with Crippen molar-refractivity contribution in [3.8, 4) is 10.4 Å². The molecule has 29 heavy (non-hydrogen) atoms. The topological polar surface area (TPSA) is 69.2 Å². The molecular weight excluding hydrogens is 403 g/mol. The van der Waals surface area contributed by atoms with Crippen LogP contribution in [0.15, 0.2) is 48.1 Å². The molecule has 1 aromatic carbocycles. The number of amides is 1. The van der Waals surface area contributed by atoms with Crippen molar-refractivity contribution in [2.45, 2.75) is 24.6 Å². The minimum atomic E-state index is -4.54. The van der Waals surface area contributed by atoms with E-state index in [4.69, 9.17) is 0 Å². The summed E-state index contributed by atoms with van der Waals surface area (Å²) in [5, 5.41) is 19.3. The van der Waals surface area contributed by atoms with Crippen LogP contribution in [0.2, 0.25) is 0 Å². The first-order valence-electron chi connectivity index (χ1n) is 9.04. The highest BCUT2D eigenvalue weighted by atomic mass is 32.1. The molecule has 3 aromatic rings. The highest BCUT2D eigenvalue weighted by Crippen LogP contribution is 2.41. The molecule has 0 radical (unpaired) electrons. The fourth-order valence-corrected chi connectivity index (χ4v) is 4.52. The second kappa shape index (κ2) is 7.31. The first kappa shape index (κ1) is 19.7. The van der Waals surface area contributed by atoms with Gasteiger partial charge in [-0.1, -0.05) is 18.2 Å². The number of piperidine rings is 1. The molecule has 2 aromatic heterocycles. The van der Waals surface area contributed by atoms with Crippen LogP contribution in [0, 0.1) is 0 Å². The van der Waals surface area contributed by atoms with E-state index in [1.54, 1.807) is 28.7 Å². The molecule has 0 unspecified atom stereocenters. The molecule has 1 saturated heterocycles. The Morgan fingerprint density at radius 2 is 1.97 bits per heavy atom. The first-order chi connectivity index (χ1) is 13.8. The first-order valence-corrected chi connectivity index (χ1v) is 9.92. The summed E-state index contributed by atoms with van der Waals surface area (Å²) in [4.78, 5) is 15.3. The van der Waals surface area contributed by atoms with Crippen LogP contribution < -0.4 is 0 Å². The van der Waals surface area contributed by atoms with Crippen LogP contribution in [-0.4, -0.2) is 39.2 Å². The number of alkyl halides is 3. The average Bonchev–Trinajstić information content (AvgIpc) is 3.39. The fourth-order valence-electron chi connectivity index (χ4n) is 3.65. The van der Waals surface area contributed by atoms with E-state index in [-0.39, 0.29) is 37.4 Å². The summed E-state index contributed by atoms with van der Waals surface area (Å²) in [5.74, 6) is -0.192. The Morgan fingerprint density at radius 3 is 2.62 bits per heavy atom. The number of likely N-dealkylation sites (tertiary alicyclic amines) is 1. The Kier molecular flexibility index (Phi) is 4.95. The zero-order valence-electron chi connectivity index (χ0n) is 15.2. The molecule has 0 saturated carbocycles. The molecule has 1 aliphatic rings. The molecule has 1 fully saturated rings. The van der Waals surface area contributed by atoms with Gasteiger partial charge in [-0.15, -0.1) is 11.3 Å². The third kappa shape index (κ3) is 3.79. The summed E-state index contributed by atoms with van der Waals surface area (Å²) in [6.45, 7) is 0.358. The Labute approximate surface area is 168 Å². The van der Waals surface area contributed by atoms with E-state index in [1.807, 2.05) is 0 Å². The van der Waals surface area contributed by atoms with Crippen molar-refractivity contribution in [3.63, 3.8) is 0 Å². The van der Waals surface area contributed by atoms with E-state index in [9.17, 15) is 23.1 Å². The Morgan fingerprint density at radius 1 is 1.24 bits per heavy atom. The number of aromatic amines is 1. The van der Waals surface area contributed by atoms with Crippen molar-refractivity contribution in [3.05, 3.63) is 64.8 Å². The molecule has 152 valence electrons. The number of carbonyl (C=O) groups is 1. The molecular formula is C20H18F3N3O2S. The maximum atomic E-state index is 13.3. The zero-order chi connectivity index (χ0) is 20.6. The lowest BCUT2D eigenvalue weighted by atomic mass is 9.81. The van der Waals surface area contributed by atoms with Gasteiger partial charge in [0.05, 0.1) is 22.9 Å². The number of halogens is 3. The van der Waals surface area contributed by atoms with Crippen molar-refractivity contribution in [1.29, 1.82) is 0 Å².